The molecule has 3 rings (SSSR count). The molecule has 36 heavy (non-hydrogen) atoms. The van der Waals surface area contributed by atoms with Gasteiger partial charge in [0.15, 0.2) is 0 Å². The van der Waals surface area contributed by atoms with Crippen molar-refractivity contribution in [2.45, 2.75) is 82.1 Å². The van der Waals surface area contributed by atoms with Gasteiger partial charge in [0.05, 0.1) is 11.5 Å². The molecule has 1 aliphatic heterocycles. The summed E-state index contributed by atoms with van der Waals surface area (Å²) in [4.78, 5) is 41.5. The molecule has 10 heteroatoms. The lowest BCUT2D eigenvalue weighted by molar-refractivity contribution is -0.149. The van der Waals surface area contributed by atoms with Crippen molar-refractivity contribution in [1.29, 1.82) is 0 Å². The van der Waals surface area contributed by atoms with Crippen LogP contribution in [0.3, 0.4) is 0 Å². The molecular formula is C26H39N3O6S. The molecule has 9 nitrogen and oxygen atoms in total. The monoisotopic (exact) mass is 521 g/mol. The van der Waals surface area contributed by atoms with Crippen LogP contribution in [-0.2, 0) is 35.6 Å². The van der Waals surface area contributed by atoms with Crippen molar-refractivity contribution < 1.29 is 27.5 Å². The van der Waals surface area contributed by atoms with Crippen molar-refractivity contribution in [2.75, 3.05) is 26.2 Å². The fraction of sp³-hybridized carbons (Fsp3) is 0.654. The molecular weight excluding hydrogens is 482 g/mol. The van der Waals surface area contributed by atoms with Crippen LogP contribution < -0.4 is 5.14 Å². The number of nitrogens with two attached hydrogens (primary N) is 1. The smallest absolute Gasteiger partial charge is 0.325 e. The number of esters is 1. The molecule has 200 valence electrons. The van der Waals surface area contributed by atoms with E-state index in [4.69, 9.17) is 9.88 Å². The summed E-state index contributed by atoms with van der Waals surface area (Å²) in [5.41, 5.74) is 0.811. The van der Waals surface area contributed by atoms with Crippen LogP contribution in [0, 0.1) is 5.92 Å². The van der Waals surface area contributed by atoms with Crippen LogP contribution in [0.15, 0.2) is 29.2 Å². The second kappa shape index (κ2) is 13.2. The van der Waals surface area contributed by atoms with E-state index in [0.717, 1.165) is 24.9 Å². The van der Waals surface area contributed by atoms with E-state index in [9.17, 15) is 22.8 Å². The number of carbonyl (C=O) groups is 3. The molecule has 1 aromatic carbocycles. The maximum Gasteiger partial charge on any atom is 0.325 e. The van der Waals surface area contributed by atoms with Crippen LogP contribution in [0.2, 0.25) is 0 Å². The van der Waals surface area contributed by atoms with Gasteiger partial charge in [-0.3, -0.25) is 14.4 Å². The molecule has 1 saturated carbocycles. The van der Waals surface area contributed by atoms with E-state index >= 15 is 0 Å². The second-order valence-corrected chi connectivity index (χ2v) is 11.3. The fourth-order valence-corrected chi connectivity index (χ4v) is 5.91. The summed E-state index contributed by atoms with van der Waals surface area (Å²) in [7, 11) is -3.78. The first-order chi connectivity index (χ1) is 17.2. The van der Waals surface area contributed by atoms with Crippen molar-refractivity contribution in [3.63, 3.8) is 0 Å². The summed E-state index contributed by atoms with van der Waals surface area (Å²) in [6.07, 6.45) is 8.37. The van der Waals surface area contributed by atoms with Crippen LogP contribution in [0.5, 0.6) is 0 Å². The van der Waals surface area contributed by atoms with Crippen LogP contribution in [0.25, 0.3) is 0 Å². The van der Waals surface area contributed by atoms with E-state index in [2.05, 4.69) is 4.90 Å². The van der Waals surface area contributed by atoms with Gasteiger partial charge in [-0.25, -0.2) is 13.6 Å². The topological polar surface area (TPSA) is 127 Å². The Labute approximate surface area is 214 Å². The molecule has 2 unspecified atom stereocenters. The first-order valence-corrected chi connectivity index (χ1v) is 14.6. The molecule has 2 aliphatic rings. The normalized spacial score (nSPS) is 19.9. The number of ether oxygens (including phenoxy) is 1. The molecule has 0 aromatic heterocycles. The SMILES string of the molecule is CCOC(=O)CN(CCc1ccc(S(N)(=O)=O)cc1)C(=O)CCCC(=O)N1CCCC2CCCCC21. The Balaban J connectivity index is 1.53. The lowest BCUT2D eigenvalue weighted by Crippen LogP contribution is -2.49. The van der Waals surface area contributed by atoms with Crippen molar-refractivity contribution >= 4 is 27.8 Å². The van der Waals surface area contributed by atoms with Gasteiger partial charge in [-0.15, -0.1) is 0 Å². The number of benzene rings is 1. The summed E-state index contributed by atoms with van der Waals surface area (Å²) in [6.45, 7) is 2.86. The lowest BCUT2D eigenvalue weighted by atomic mass is 9.78. The molecule has 0 radical (unpaired) electrons. The molecule has 2 atom stereocenters. The van der Waals surface area contributed by atoms with Gasteiger partial charge in [0, 0.05) is 32.0 Å². The maximum absolute atomic E-state index is 13.0. The van der Waals surface area contributed by atoms with Gasteiger partial charge >= 0.3 is 5.97 Å². The highest BCUT2D eigenvalue weighted by Gasteiger charge is 2.35. The molecule has 2 N–H and O–H groups in total. The van der Waals surface area contributed by atoms with E-state index < -0.39 is 16.0 Å². The summed E-state index contributed by atoms with van der Waals surface area (Å²) >= 11 is 0. The largest absolute Gasteiger partial charge is 0.465 e. The molecule has 0 spiro atoms. The number of sulfonamides is 1. The van der Waals surface area contributed by atoms with E-state index in [1.807, 2.05) is 0 Å². The molecule has 1 aliphatic carbocycles. The summed E-state index contributed by atoms with van der Waals surface area (Å²) in [6, 6.07) is 6.48. The molecule has 1 heterocycles. The number of primary sulfonamides is 1. The van der Waals surface area contributed by atoms with Gasteiger partial charge in [0.2, 0.25) is 21.8 Å². The number of rotatable bonds is 11. The Kier molecular flexibility index (Phi) is 10.3. The standard InChI is InChI=1S/C26H39N3O6S/c1-2-35-26(32)19-28(18-16-20-12-14-22(15-13-20)36(27,33)34)24(30)10-5-11-25(31)29-17-6-8-21-7-3-4-9-23(21)29/h12-15,21,23H,2-11,16-19H2,1H3,(H2,27,33,34). The first-order valence-electron chi connectivity index (χ1n) is 13.0. The highest BCUT2D eigenvalue weighted by molar-refractivity contribution is 7.89. The van der Waals surface area contributed by atoms with Crippen molar-refractivity contribution in [3.8, 4) is 0 Å². The van der Waals surface area contributed by atoms with Gasteiger partial charge in [-0.05, 0) is 69.1 Å². The van der Waals surface area contributed by atoms with Crippen molar-refractivity contribution in [1.82, 2.24) is 9.80 Å². The number of fused-ring (bicyclic) bond motifs is 1. The molecule has 2 fully saturated rings. The van der Waals surface area contributed by atoms with Crippen LogP contribution in [-0.4, -0.2) is 68.3 Å². The van der Waals surface area contributed by atoms with Crippen LogP contribution >= 0.6 is 0 Å². The van der Waals surface area contributed by atoms with Gasteiger partial charge in [0.1, 0.15) is 6.54 Å². The highest BCUT2D eigenvalue weighted by atomic mass is 32.2. The Hall–Kier alpha value is -2.46. The Morgan fingerprint density at radius 1 is 1.06 bits per heavy atom. The van der Waals surface area contributed by atoms with Gasteiger partial charge in [-0.1, -0.05) is 25.0 Å². The second-order valence-electron chi connectivity index (χ2n) is 9.75. The number of piperidine rings is 1. The minimum Gasteiger partial charge on any atom is -0.465 e. The minimum atomic E-state index is -3.78. The predicted molar refractivity (Wildman–Crippen MR) is 135 cm³/mol. The van der Waals surface area contributed by atoms with Gasteiger partial charge < -0.3 is 14.5 Å². The Morgan fingerprint density at radius 2 is 1.75 bits per heavy atom. The molecule has 0 bridgehead atoms. The highest BCUT2D eigenvalue weighted by Crippen LogP contribution is 2.35. The minimum absolute atomic E-state index is 0.0172. The average molecular weight is 522 g/mol. The third kappa shape index (κ3) is 8.03. The number of nitrogens with zero attached hydrogens (tertiary/aromatic N) is 2. The predicted octanol–water partition coefficient (Wildman–Crippen LogP) is 2.62. The summed E-state index contributed by atoms with van der Waals surface area (Å²) in [5.74, 6) is 0.0674. The zero-order chi connectivity index (χ0) is 26.1. The maximum atomic E-state index is 13.0. The number of likely N-dealkylation sites (tertiary alicyclic amines) is 1. The number of hydrogen-bond acceptors (Lipinski definition) is 6. The van der Waals surface area contributed by atoms with Crippen LogP contribution in [0.1, 0.15) is 70.3 Å². The third-order valence-electron chi connectivity index (χ3n) is 7.25. The zero-order valence-electron chi connectivity index (χ0n) is 21.2. The van der Waals surface area contributed by atoms with E-state index in [1.165, 1.54) is 42.7 Å². The quantitative estimate of drug-likeness (QED) is 0.446. The number of hydrogen-bond donors (Lipinski definition) is 1. The first kappa shape index (κ1) is 28.1. The van der Waals surface area contributed by atoms with Gasteiger partial charge in [0.25, 0.3) is 0 Å². The number of amides is 2. The number of carbonyl (C=O) groups excluding carboxylic acids is 3. The van der Waals surface area contributed by atoms with Crippen molar-refractivity contribution in [2.24, 2.45) is 11.1 Å². The fourth-order valence-electron chi connectivity index (χ4n) is 5.39. The lowest BCUT2D eigenvalue weighted by Gasteiger charge is -2.44. The Morgan fingerprint density at radius 3 is 2.44 bits per heavy atom. The van der Waals surface area contributed by atoms with E-state index in [-0.39, 0.29) is 42.8 Å². The molecule has 2 amide bonds. The van der Waals surface area contributed by atoms with Crippen molar-refractivity contribution in [3.05, 3.63) is 29.8 Å². The van der Waals surface area contributed by atoms with Crippen LogP contribution in [0.4, 0.5) is 0 Å². The third-order valence-corrected chi connectivity index (χ3v) is 8.17. The van der Waals surface area contributed by atoms with E-state index in [1.54, 1.807) is 19.1 Å². The average Bonchev–Trinajstić information content (AvgIpc) is 2.86. The summed E-state index contributed by atoms with van der Waals surface area (Å²) in [5, 5.41) is 5.14. The Bertz CT molecular complexity index is 1010. The zero-order valence-corrected chi connectivity index (χ0v) is 22.0. The van der Waals surface area contributed by atoms with Gasteiger partial charge in [-0.2, -0.15) is 0 Å². The van der Waals surface area contributed by atoms with E-state index in [0.29, 0.717) is 31.2 Å². The molecule has 1 aromatic rings. The summed E-state index contributed by atoms with van der Waals surface area (Å²) < 4.78 is 27.9. The molecule has 1 saturated heterocycles.